The van der Waals surface area contributed by atoms with Crippen molar-refractivity contribution in [2.45, 2.75) is 23.9 Å². The first-order valence-electron chi connectivity index (χ1n) is 8.44. The van der Waals surface area contributed by atoms with Gasteiger partial charge in [0.05, 0.1) is 17.5 Å². The minimum Gasteiger partial charge on any atom is -0.368 e. The first-order valence-corrected chi connectivity index (χ1v) is 10.3. The Kier molecular flexibility index (Phi) is 5.29. The number of sulfone groups is 1. The molecule has 0 saturated heterocycles. The number of nitrogens with zero attached hydrogens (tertiary/aromatic N) is 1. The SMILES string of the molecule is CS(=O)(=O)c1ccc(NC(=O)CN2Cc3ccccc3C[C@@H]2C(N)=O)cc1. The molecule has 1 aliphatic heterocycles. The van der Waals surface area contributed by atoms with Crippen molar-refractivity contribution in [1.82, 2.24) is 4.90 Å². The highest BCUT2D eigenvalue weighted by Gasteiger charge is 2.31. The summed E-state index contributed by atoms with van der Waals surface area (Å²) in [6.07, 6.45) is 1.60. The summed E-state index contributed by atoms with van der Waals surface area (Å²) >= 11 is 0. The van der Waals surface area contributed by atoms with Crippen molar-refractivity contribution in [3.63, 3.8) is 0 Å². The zero-order valence-electron chi connectivity index (χ0n) is 14.9. The highest BCUT2D eigenvalue weighted by molar-refractivity contribution is 7.90. The van der Waals surface area contributed by atoms with Gasteiger partial charge in [-0.15, -0.1) is 0 Å². The largest absolute Gasteiger partial charge is 0.368 e. The molecule has 0 fully saturated rings. The summed E-state index contributed by atoms with van der Waals surface area (Å²) < 4.78 is 23.0. The number of hydrogen-bond donors (Lipinski definition) is 2. The summed E-state index contributed by atoms with van der Waals surface area (Å²) in [5.41, 5.74) is 8.15. The second-order valence-corrected chi connectivity index (χ2v) is 8.66. The van der Waals surface area contributed by atoms with E-state index in [4.69, 9.17) is 5.73 Å². The van der Waals surface area contributed by atoms with E-state index in [1.165, 1.54) is 24.3 Å². The van der Waals surface area contributed by atoms with E-state index in [0.717, 1.165) is 17.4 Å². The van der Waals surface area contributed by atoms with Crippen molar-refractivity contribution in [3.8, 4) is 0 Å². The minimum atomic E-state index is -3.29. The van der Waals surface area contributed by atoms with E-state index in [0.29, 0.717) is 18.7 Å². The number of fused-ring (bicyclic) bond motifs is 1. The molecule has 2 aromatic rings. The van der Waals surface area contributed by atoms with Crippen LogP contribution < -0.4 is 11.1 Å². The van der Waals surface area contributed by atoms with E-state index in [-0.39, 0.29) is 17.3 Å². The maximum absolute atomic E-state index is 12.4. The molecule has 27 heavy (non-hydrogen) atoms. The Bertz CT molecular complexity index is 971. The van der Waals surface area contributed by atoms with E-state index >= 15 is 0 Å². The molecule has 3 rings (SSSR count). The summed E-state index contributed by atoms with van der Waals surface area (Å²) in [7, 11) is -3.29. The van der Waals surface area contributed by atoms with Gasteiger partial charge < -0.3 is 11.1 Å². The van der Waals surface area contributed by atoms with Crippen LogP contribution >= 0.6 is 0 Å². The summed E-state index contributed by atoms with van der Waals surface area (Å²) in [6.45, 7) is 0.472. The lowest BCUT2D eigenvalue weighted by molar-refractivity contribution is -0.125. The third-order valence-electron chi connectivity index (χ3n) is 4.59. The van der Waals surface area contributed by atoms with E-state index in [1.54, 1.807) is 4.90 Å². The van der Waals surface area contributed by atoms with Gasteiger partial charge in [0, 0.05) is 18.5 Å². The van der Waals surface area contributed by atoms with E-state index in [9.17, 15) is 18.0 Å². The zero-order chi connectivity index (χ0) is 19.6. The van der Waals surface area contributed by atoms with Crippen molar-refractivity contribution in [2.75, 3.05) is 18.1 Å². The monoisotopic (exact) mass is 387 g/mol. The second kappa shape index (κ2) is 7.50. The maximum atomic E-state index is 12.4. The van der Waals surface area contributed by atoms with Gasteiger partial charge in [0.1, 0.15) is 0 Å². The molecular formula is C19H21N3O4S. The van der Waals surface area contributed by atoms with Gasteiger partial charge in [0.15, 0.2) is 9.84 Å². The van der Waals surface area contributed by atoms with Gasteiger partial charge in [-0.1, -0.05) is 24.3 Å². The Balaban J connectivity index is 1.70. The number of hydrogen-bond acceptors (Lipinski definition) is 5. The molecule has 2 amide bonds. The van der Waals surface area contributed by atoms with Crippen LogP contribution in [0, 0.1) is 0 Å². The average Bonchev–Trinajstić information content (AvgIpc) is 2.60. The molecule has 0 aliphatic carbocycles. The van der Waals surface area contributed by atoms with Crippen LogP contribution in [0.2, 0.25) is 0 Å². The van der Waals surface area contributed by atoms with Crippen LogP contribution in [0.15, 0.2) is 53.4 Å². The lowest BCUT2D eigenvalue weighted by Gasteiger charge is -2.34. The number of amides is 2. The number of anilines is 1. The molecule has 1 atom stereocenters. The molecule has 1 aliphatic rings. The Morgan fingerprint density at radius 1 is 1.11 bits per heavy atom. The van der Waals surface area contributed by atoms with E-state index in [1.807, 2.05) is 24.3 Å². The summed E-state index contributed by atoms with van der Waals surface area (Å²) in [6, 6.07) is 13.2. The van der Waals surface area contributed by atoms with Crippen molar-refractivity contribution < 1.29 is 18.0 Å². The molecule has 8 heteroatoms. The second-order valence-electron chi connectivity index (χ2n) is 6.64. The Morgan fingerprint density at radius 3 is 2.33 bits per heavy atom. The van der Waals surface area contributed by atoms with Gasteiger partial charge in [-0.3, -0.25) is 14.5 Å². The number of benzene rings is 2. The number of nitrogens with one attached hydrogen (secondary N) is 1. The quantitative estimate of drug-likeness (QED) is 0.794. The smallest absolute Gasteiger partial charge is 0.238 e. The molecule has 0 aromatic heterocycles. The van der Waals surface area contributed by atoms with Crippen LogP contribution in [0.3, 0.4) is 0 Å². The summed E-state index contributed by atoms with van der Waals surface area (Å²) in [4.78, 5) is 26.2. The van der Waals surface area contributed by atoms with Crippen molar-refractivity contribution in [3.05, 3.63) is 59.7 Å². The predicted molar refractivity (Wildman–Crippen MR) is 102 cm³/mol. The van der Waals surface area contributed by atoms with Gasteiger partial charge >= 0.3 is 0 Å². The maximum Gasteiger partial charge on any atom is 0.238 e. The molecule has 0 bridgehead atoms. The number of rotatable bonds is 5. The summed E-state index contributed by atoms with van der Waals surface area (Å²) in [5, 5.41) is 2.72. The van der Waals surface area contributed by atoms with Crippen LogP contribution in [0.25, 0.3) is 0 Å². The molecule has 0 saturated carbocycles. The molecule has 0 spiro atoms. The van der Waals surface area contributed by atoms with Crippen LogP contribution in [0.5, 0.6) is 0 Å². The Hall–Kier alpha value is -2.71. The fourth-order valence-electron chi connectivity index (χ4n) is 3.19. The molecular weight excluding hydrogens is 366 g/mol. The Morgan fingerprint density at radius 2 is 1.74 bits per heavy atom. The molecule has 1 heterocycles. The van der Waals surface area contributed by atoms with Crippen LogP contribution in [0.4, 0.5) is 5.69 Å². The average molecular weight is 387 g/mol. The third kappa shape index (κ3) is 4.53. The van der Waals surface area contributed by atoms with E-state index < -0.39 is 21.8 Å². The molecule has 0 unspecified atom stereocenters. The van der Waals surface area contributed by atoms with Gasteiger partial charge in [-0.2, -0.15) is 0 Å². The number of nitrogens with two attached hydrogens (primary N) is 1. The van der Waals surface area contributed by atoms with Gasteiger partial charge in [0.2, 0.25) is 11.8 Å². The van der Waals surface area contributed by atoms with Gasteiger partial charge in [0.25, 0.3) is 0 Å². The first-order chi connectivity index (χ1) is 12.7. The molecule has 7 nitrogen and oxygen atoms in total. The van der Waals surface area contributed by atoms with Crippen LogP contribution in [-0.2, 0) is 32.4 Å². The number of primary amides is 1. The molecule has 142 valence electrons. The van der Waals surface area contributed by atoms with Crippen LogP contribution in [0.1, 0.15) is 11.1 Å². The lowest BCUT2D eigenvalue weighted by atomic mass is 9.93. The van der Waals surface area contributed by atoms with Gasteiger partial charge in [-0.25, -0.2) is 8.42 Å². The topological polar surface area (TPSA) is 110 Å². The van der Waals surface area contributed by atoms with E-state index in [2.05, 4.69) is 5.32 Å². The molecule has 0 radical (unpaired) electrons. The number of carbonyl (C=O) groups is 2. The Labute approximate surface area is 158 Å². The highest BCUT2D eigenvalue weighted by atomic mass is 32.2. The number of carbonyl (C=O) groups excluding carboxylic acids is 2. The van der Waals surface area contributed by atoms with Gasteiger partial charge in [-0.05, 0) is 41.8 Å². The predicted octanol–water partition coefficient (Wildman–Crippen LogP) is 0.941. The molecule has 3 N–H and O–H groups in total. The summed E-state index contributed by atoms with van der Waals surface area (Å²) in [5.74, 6) is -0.762. The molecule has 2 aromatic carbocycles. The van der Waals surface area contributed by atoms with Crippen molar-refractivity contribution in [1.29, 1.82) is 0 Å². The highest BCUT2D eigenvalue weighted by Crippen LogP contribution is 2.23. The minimum absolute atomic E-state index is 0.00969. The third-order valence-corrected chi connectivity index (χ3v) is 5.72. The van der Waals surface area contributed by atoms with Crippen molar-refractivity contribution >= 4 is 27.3 Å². The van der Waals surface area contributed by atoms with Crippen LogP contribution in [-0.4, -0.2) is 44.0 Å². The fraction of sp³-hybridized carbons (Fsp3) is 0.263. The standard InChI is InChI=1S/C19H21N3O4S/c1-27(25,26)16-8-6-15(7-9-16)21-18(23)12-22-11-14-5-3-2-4-13(14)10-17(22)19(20)24/h2-9,17H,10-12H2,1H3,(H2,20,24)(H,21,23)/t17-/m1/s1. The first kappa shape index (κ1) is 19.1. The fourth-order valence-corrected chi connectivity index (χ4v) is 3.82. The van der Waals surface area contributed by atoms with Crippen molar-refractivity contribution in [2.24, 2.45) is 5.73 Å². The lowest BCUT2D eigenvalue weighted by Crippen LogP contribution is -2.50. The normalized spacial score (nSPS) is 17.1. The zero-order valence-corrected chi connectivity index (χ0v) is 15.7.